The van der Waals surface area contributed by atoms with Gasteiger partial charge in [0, 0.05) is 5.69 Å². The summed E-state index contributed by atoms with van der Waals surface area (Å²) >= 11 is 0. The van der Waals surface area contributed by atoms with Crippen molar-refractivity contribution in [1.29, 1.82) is 0 Å². The fourth-order valence-corrected chi connectivity index (χ4v) is 2.81. The second-order valence-electron chi connectivity index (χ2n) is 6.52. The molecule has 148 valence electrons. The third-order valence-corrected chi connectivity index (χ3v) is 4.55. The van der Waals surface area contributed by atoms with E-state index in [1.54, 1.807) is 49.5 Å². The van der Waals surface area contributed by atoms with Crippen molar-refractivity contribution in [3.8, 4) is 0 Å². The van der Waals surface area contributed by atoms with Crippen molar-refractivity contribution in [2.75, 3.05) is 17.2 Å². The number of nitrogens with zero attached hydrogens (tertiary/aromatic N) is 1. The maximum absolute atomic E-state index is 12.6. The molecule has 0 aliphatic heterocycles. The number of nitrogens with one attached hydrogen (secondary N) is 2. The first-order valence-corrected chi connectivity index (χ1v) is 9.36. The van der Waals surface area contributed by atoms with Crippen LogP contribution in [0.1, 0.15) is 38.9 Å². The highest BCUT2D eigenvalue weighted by Gasteiger charge is 2.15. The van der Waals surface area contributed by atoms with Crippen LogP contribution in [0.5, 0.6) is 0 Å². The van der Waals surface area contributed by atoms with Gasteiger partial charge in [-0.15, -0.1) is 0 Å². The van der Waals surface area contributed by atoms with E-state index in [1.807, 2.05) is 19.1 Å². The number of hydrogen-bond donors (Lipinski definition) is 2. The van der Waals surface area contributed by atoms with E-state index < -0.39 is 11.9 Å². The molecule has 0 aliphatic carbocycles. The number of rotatable bonds is 6. The van der Waals surface area contributed by atoms with Crippen LogP contribution in [0.3, 0.4) is 0 Å². The third-order valence-electron chi connectivity index (χ3n) is 4.55. The number of aromatic nitrogens is 1. The monoisotopic (exact) mass is 389 g/mol. The van der Waals surface area contributed by atoms with Gasteiger partial charge in [-0.1, -0.05) is 24.3 Å². The quantitative estimate of drug-likeness (QED) is 0.588. The topological polar surface area (TPSA) is 80.3 Å². The summed E-state index contributed by atoms with van der Waals surface area (Å²) in [5.74, 6) is -0.885. The summed E-state index contributed by atoms with van der Waals surface area (Å²) in [5.41, 5.74) is 5.06. The molecule has 0 saturated heterocycles. The van der Waals surface area contributed by atoms with Crippen molar-refractivity contribution in [2.45, 2.75) is 20.8 Å². The first kappa shape index (κ1) is 20.1. The fraction of sp³-hybridized carbons (Fsp3) is 0.174. The highest BCUT2D eigenvalue weighted by Crippen LogP contribution is 2.23. The predicted octanol–water partition coefficient (Wildman–Crippen LogP) is 4.87. The molecule has 0 aliphatic rings. The Kier molecular flexibility index (Phi) is 6.24. The Morgan fingerprint density at radius 2 is 1.72 bits per heavy atom. The molecule has 0 unspecified atom stereocenters. The fourth-order valence-electron chi connectivity index (χ4n) is 2.81. The number of pyridine rings is 1. The van der Waals surface area contributed by atoms with Gasteiger partial charge in [0.15, 0.2) is 0 Å². The summed E-state index contributed by atoms with van der Waals surface area (Å²) in [5, 5.41) is 6.04. The van der Waals surface area contributed by atoms with Gasteiger partial charge in [0.2, 0.25) is 0 Å². The Morgan fingerprint density at radius 1 is 0.966 bits per heavy atom. The average molecular weight is 389 g/mol. The van der Waals surface area contributed by atoms with Crippen molar-refractivity contribution in [3.63, 3.8) is 0 Å². The zero-order valence-electron chi connectivity index (χ0n) is 16.7. The number of amides is 1. The molecule has 3 aromatic rings. The van der Waals surface area contributed by atoms with Gasteiger partial charge < -0.3 is 15.4 Å². The molecule has 0 saturated carbocycles. The molecule has 0 bridgehead atoms. The van der Waals surface area contributed by atoms with E-state index in [0.29, 0.717) is 11.3 Å². The maximum Gasteiger partial charge on any atom is 0.340 e. The van der Waals surface area contributed by atoms with E-state index in [4.69, 9.17) is 4.74 Å². The van der Waals surface area contributed by atoms with Crippen LogP contribution in [-0.4, -0.2) is 23.5 Å². The van der Waals surface area contributed by atoms with Crippen LogP contribution < -0.4 is 10.6 Å². The van der Waals surface area contributed by atoms with Gasteiger partial charge in [0.25, 0.3) is 5.91 Å². The van der Waals surface area contributed by atoms with Gasteiger partial charge in [0.05, 0.1) is 29.7 Å². The lowest BCUT2D eigenvalue weighted by Crippen LogP contribution is -2.17. The molecule has 0 fully saturated rings. The molecule has 29 heavy (non-hydrogen) atoms. The predicted molar refractivity (Wildman–Crippen MR) is 114 cm³/mol. The summed E-state index contributed by atoms with van der Waals surface area (Å²) in [6, 6.07) is 16.2. The van der Waals surface area contributed by atoms with Gasteiger partial charge in [-0.05, 0) is 62.2 Å². The number of esters is 1. The molecule has 2 aromatic carbocycles. The van der Waals surface area contributed by atoms with E-state index in [0.717, 1.165) is 16.9 Å². The summed E-state index contributed by atoms with van der Waals surface area (Å²) in [7, 11) is 0. The van der Waals surface area contributed by atoms with Crippen LogP contribution in [0.25, 0.3) is 0 Å². The van der Waals surface area contributed by atoms with Crippen LogP contribution in [0.2, 0.25) is 0 Å². The summed E-state index contributed by atoms with van der Waals surface area (Å²) in [6.45, 7) is 6.10. The molecule has 1 heterocycles. The molecule has 0 radical (unpaired) electrons. The zero-order chi connectivity index (χ0) is 20.8. The van der Waals surface area contributed by atoms with Crippen molar-refractivity contribution in [2.24, 2.45) is 0 Å². The lowest BCUT2D eigenvalue weighted by Gasteiger charge is -2.12. The molecule has 0 spiro atoms. The number of carbonyl (C=O) groups excluding carboxylic acids is 2. The number of para-hydroxylation sites is 1. The Hall–Kier alpha value is -3.67. The van der Waals surface area contributed by atoms with Gasteiger partial charge in [-0.2, -0.15) is 0 Å². The molecular formula is C23H23N3O3. The summed E-state index contributed by atoms with van der Waals surface area (Å²) < 4.78 is 5.03. The minimum absolute atomic E-state index is 0.246. The number of hydrogen-bond acceptors (Lipinski definition) is 5. The van der Waals surface area contributed by atoms with Gasteiger partial charge in [-0.25, -0.2) is 9.78 Å². The van der Waals surface area contributed by atoms with Gasteiger partial charge in [-0.3, -0.25) is 4.79 Å². The van der Waals surface area contributed by atoms with Crippen LogP contribution in [-0.2, 0) is 4.74 Å². The summed E-state index contributed by atoms with van der Waals surface area (Å²) in [4.78, 5) is 28.9. The molecule has 1 aromatic heterocycles. The molecule has 6 heteroatoms. The highest BCUT2D eigenvalue weighted by molar-refractivity contribution is 6.07. The van der Waals surface area contributed by atoms with Crippen LogP contribution >= 0.6 is 0 Å². The Balaban J connectivity index is 1.73. The second-order valence-corrected chi connectivity index (χ2v) is 6.52. The smallest absolute Gasteiger partial charge is 0.340 e. The molecular weight excluding hydrogens is 366 g/mol. The largest absolute Gasteiger partial charge is 0.462 e. The zero-order valence-corrected chi connectivity index (χ0v) is 16.7. The molecule has 0 atom stereocenters. The van der Waals surface area contributed by atoms with E-state index in [2.05, 4.69) is 28.6 Å². The standard InChI is InChI=1S/C23H23N3O3/c1-4-29-23(28)18-9-5-6-10-20(18)26-22(27)21-13-12-17(14-24-21)25-19-11-7-8-15(2)16(19)3/h5-14,25H,4H2,1-3H3,(H,26,27). The minimum atomic E-state index is -0.482. The average Bonchev–Trinajstić information content (AvgIpc) is 2.72. The Morgan fingerprint density at radius 3 is 2.45 bits per heavy atom. The molecule has 6 nitrogen and oxygen atoms in total. The first-order chi connectivity index (χ1) is 14.0. The van der Waals surface area contributed by atoms with E-state index in [1.165, 1.54) is 5.56 Å². The molecule has 3 rings (SSSR count). The second kappa shape index (κ2) is 9.01. The van der Waals surface area contributed by atoms with Crippen LogP contribution in [0.4, 0.5) is 17.1 Å². The first-order valence-electron chi connectivity index (χ1n) is 9.36. The Labute approximate surface area is 169 Å². The number of benzene rings is 2. The number of anilines is 3. The van der Waals surface area contributed by atoms with Gasteiger partial charge >= 0.3 is 5.97 Å². The molecule has 1 amide bonds. The van der Waals surface area contributed by atoms with Crippen molar-refractivity contribution < 1.29 is 14.3 Å². The molecule has 2 N–H and O–H groups in total. The minimum Gasteiger partial charge on any atom is -0.462 e. The Bertz CT molecular complexity index is 1030. The van der Waals surface area contributed by atoms with Gasteiger partial charge in [0.1, 0.15) is 5.69 Å². The van der Waals surface area contributed by atoms with E-state index in [-0.39, 0.29) is 12.3 Å². The normalized spacial score (nSPS) is 10.3. The third kappa shape index (κ3) is 4.79. The van der Waals surface area contributed by atoms with E-state index >= 15 is 0 Å². The number of carbonyl (C=O) groups is 2. The van der Waals surface area contributed by atoms with Crippen LogP contribution in [0, 0.1) is 13.8 Å². The highest BCUT2D eigenvalue weighted by atomic mass is 16.5. The van der Waals surface area contributed by atoms with Crippen molar-refractivity contribution in [1.82, 2.24) is 4.98 Å². The lowest BCUT2D eigenvalue weighted by atomic mass is 10.1. The van der Waals surface area contributed by atoms with E-state index in [9.17, 15) is 9.59 Å². The lowest BCUT2D eigenvalue weighted by molar-refractivity contribution is 0.0527. The maximum atomic E-state index is 12.6. The van der Waals surface area contributed by atoms with Crippen molar-refractivity contribution >= 4 is 28.9 Å². The van der Waals surface area contributed by atoms with Crippen molar-refractivity contribution in [3.05, 3.63) is 83.2 Å². The van der Waals surface area contributed by atoms with Crippen LogP contribution in [0.15, 0.2) is 60.8 Å². The number of ether oxygens (including phenoxy) is 1. The SMILES string of the molecule is CCOC(=O)c1ccccc1NC(=O)c1ccc(Nc2cccc(C)c2C)cn1. The number of aryl methyl sites for hydroxylation is 1. The summed E-state index contributed by atoms with van der Waals surface area (Å²) in [6.07, 6.45) is 1.61.